The van der Waals surface area contributed by atoms with Crippen molar-refractivity contribution in [2.24, 2.45) is 0 Å². The number of morpholine rings is 1. The molecule has 1 aromatic heterocycles. The number of allylic oxidation sites excluding steroid dienone is 1. The second kappa shape index (κ2) is 9.43. The summed E-state index contributed by atoms with van der Waals surface area (Å²) in [7, 11) is 0. The van der Waals surface area contributed by atoms with Crippen molar-refractivity contribution >= 4 is 16.9 Å². The van der Waals surface area contributed by atoms with E-state index in [-0.39, 0.29) is 18.4 Å². The molecule has 4 rings (SSSR count). The molecule has 156 valence electrons. The van der Waals surface area contributed by atoms with E-state index in [9.17, 15) is 4.79 Å². The molecule has 2 aliphatic rings. The van der Waals surface area contributed by atoms with E-state index >= 15 is 0 Å². The summed E-state index contributed by atoms with van der Waals surface area (Å²) in [5.41, 5.74) is 1.85. The van der Waals surface area contributed by atoms with Crippen LogP contribution in [0.2, 0.25) is 0 Å². The molecule has 1 saturated heterocycles. The zero-order valence-electron chi connectivity index (χ0n) is 16.4. The molecule has 2 unspecified atom stereocenters. The number of rotatable bonds is 7. The van der Waals surface area contributed by atoms with Gasteiger partial charge in [-0.1, -0.05) is 18.2 Å². The summed E-state index contributed by atoms with van der Waals surface area (Å²) in [6.45, 7) is 2.80. The average molecular weight is 401 g/mol. The van der Waals surface area contributed by atoms with Gasteiger partial charge in [-0.05, 0) is 25.0 Å². The Morgan fingerprint density at radius 1 is 1.21 bits per heavy atom. The lowest BCUT2D eigenvalue weighted by Gasteiger charge is -2.32. The van der Waals surface area contributed by atoms with Gasteiger partial charge in [0.2, 0.25) is 6.29 Å². The van der Waals surface area contributed by atoms with E-state index in [1.165, 1.54) is 0 Å². The monoisotopic (exact) mass is 401 g/mol. The van der Waals surface area contributed by atoms with Gasteiger partial charge >= 0.3 is 0 Å². The van der Waals surface area contributed by atoms with Gasteiger partial charge in [0.05, 0.1) is 26.1 Å². The minimum Gasteiger partial charge on any atom is -0.464 e. The molecule has 0 saturated carbocycles. The van der Waals surface area contributed by atoms with Gasteiger partial charge in [-0.3, -0.25) is 4.79 Å². The molecule has 2 aromatic rings. The lowest BCUT2D eigenvalue weighted by molar-refractivity contribution is -0.155. The molecule has 0 radical (unpaired) electrons. The fourth-order valence-corrected chi connectivity index (χ4v) is 3.76. The van der Waals surface area contributed by atoms with E-state index in [1.807, 2.05) is 30.3 Å². The molecule has 1 amide bonds. The van der Waals surface area contributed by atoms with Crippen molar-refractivity contribution in [1.29, 1.82) is 0 Å². The van der Waals surface area contributed by atoms with E-state index in [2.05, 4.69) is 0 Å². The number of furan rings is 1. The molecule has 0 bridgehead atoms. The summed E-state index contributed by atoms with van der Waals surface area (Å²) >= 11 is 0. The topological polar surface area (TPSA) is 81.4 Å². The third-order valence-corrected chi connectivity index (χ3v) is 5.33. The van der Waals surface area contributed by atoms with E-state index in [4.69, 9.17) is 23.7 Å². The summed E-state index contributed by atoms with van der Waals surface area (Å²) < 4.78 is 22.9. The van der Waals surface area contributed by atoms with Gasteiger partial charge in [0, 0.05) is 43.0 Å². The molecule has 2 aliphatic heterocycles. The largest absolute Gasteiger partial charge is 0.464 e. The predicted molar refractivity (Wildman–Crippen MR) is 106 cm³/mol. The Kier molecular flexibility index (Phi) is 6.49. The number of carbonyl (C=O) groups is 1. The van der Waals surface area contributed by atoms with Crippen molar-refractivity contribution in [3.63, 3.8) is 0 Å². The Balaban J connectivity index is 1.56. The highest BCUT2D eigenvalue weighted by Gasteiger charge is 2.32. The number of unbranched alkanes of at least 4 members (excludes halogenated alkanes) is 1. The van der Waals surface area contributed by atoms with Crippen LogP contribution in [0.25, 0.3) is 11.0 Å². The lowest BCUT2D eigenvalue weighted by Crippen LogP contribution is -2.43. The Labute approximate surface area is 169 Å². The number of ether oxygens (including phenoxy) is 3. The number of aliphatic hydroxyl groups excluding tert-OH is 1. The first kappa shape index (κ1) is 19.9. The van der Waals surface area contributed by atoms with Crippen LogP contribution in [0.15, 0.2) is 46.8 Å². The summed E-state index contributed by atoms with van der Waals surface area (Å²) in [4.78, 5) is 14.8. The van der Waals surface area contributed by atoms with Gasteiger partial charge in [0.15, 0.2) is 5.76 Å². The zero-order chi connectivity index (χ0) is 20.1. The van der Waals surface area contributed by atoms with Gasteiger partial charge in [-0.25, -0.2) is 0 Å². The quantitative estimate of drug-likeness (QED) is 0.719. The number of hydrogen-bond donors (Lipinski definition) is 1. The van der Waals surface area contributed by atoms with Crippen LogP contribution in [0.5, 0.6) is 0 Å². The van der Waals surface area contributed by atoms with Crippen LogP contribution in [0.1, 0.15) is 30.7 Å². The van der Waals surface area contributed by atoms with Gasteiger partial charge in [0.1, 0.15) is 5.58 Å². The first-order valence-corrected chi connectivity index (χ1v) is 10.2. The SMILES string of the molecule is O=C(C1=CC(c2coc3ccccc23)CC(OCCCCO)O1)N1CCOCC1. The highest BCUT2D eigenvalue weighted by atomic mass is 16.7. The molecule has 1 aromatic carbocycles. The van der Waals surface area contributed by atoms with Crippen molar-refractivity contribution in [2.75, 3.05) is 39.5 Å². The van der Waals surface area contributed by atoms with Gasteiger partial charge in [-0.15, -0.1) is 0 Å². The summed E-state index contributed by atoms with van der Waals surface area (Å²) in [6, 6.07) is 7.88. The lowest BCUT2D eigenvalue weighted by atomic mass is 9.92. The molecule has 1 fully saturated rings. The number of amides is 1. The Morgan fingerprint density at radius 2 is 2.03 bits per heavy atom. The maximum Gasteiger partial charge on any atom is 0.288 e. The van der Waals surface area contributed by atoms with Crippen LogP contribution < -0.4 is 0 Å². The predicted octanol–water partition coefficient (Wildman–Crippen LogP) is 2.79. The molecule has 1 N–H and O–H groups in total. The Bertz CT molecular complexity index is 854. The van der Waals surface area contributed by atoms with E-state index in [1.54, 1.807) is 11.2 Å². The Hall–Kier alpha value is -2.35. The van der Waals surface area contributed by atoms with E-state index in [0.29, 0.717) is 51.5 Å². The molecule has 0 spiro atoms. The van der Waals surface area contributed by atoms with Crippen molar-refractivity contribution < 1.29 is 28.5 Å². The van der Waals surface area contributed by atoms with Crippen LogP contribution >= 0.6 is 0 Å². The molecular weight excluding hydrogens is 374 g/mol. The Morgan fingerprint density at radius 3 is 2.86 bits per heavy atom. The molecule has 29 heavy (non-hydrogen) atoms. The molecule has 2 atom stereocenters. The summed E-state index contributed by atoms with van der Waals surface area (Å²) in [5, 5.41) is 10.00. The van der Waals surface area contributed by atoms with E-state index in [0.717, 1.165) is 23.0 Å². The minimum absolute atomic E-state index is 0.0461. The number of fused-ring (bicyclic) bond motifs is 1. The van der Waals surface area contributed by atoms with E-state index < -0.39 is 6.29 Å². The first-order valence-electron chi connectivity index (χ1n) is 10.2. The zero-order valence-corrected chi connectivity index (χ0v) is 16.4. The molecule has 3 heterocycles. The average Bonchev–Trinajstić information content (AvgIpc) is 3.21. The molecule has 0 aliphatic carbocycles. The maximum absolute atomic E-state index is 13.0. The number of aliphatic hydroxyl groups is 1. The normalized spacial score (nSPS) is 22.4. The van der Waals surface area contributed by atoms with Crippen LogP contribution in [-0.2, 0) is 19.0 Å². The first-order chi connectivity index (χ1) is 14.3. The molecule has 7 heteroatoms. The second-order valence-electron chi connectivity index (χ2n) is 7.31. The highest BCUT2D eigenvalue weighted by molar-refractivity contribution is 5.92. The van der Waals surface area contributed by atoms with Gasteiger partial charge in [0.25, 0.3) is 5.91 Å². The van der Waals surface area contributed by atoms with Crippen LogP contribution in [0.4, 0.5) is 0 Å². The van der Waals surface area contributed by atoms with Gasteiger partial charge in [-0.2, -0.15) is 0 Å². The van der Waals surface area contributed by atoms with Crippen molar-refractivity contribution in [3.8, 4) is 0 Å². The number of carbonyl (C=O) groups excluding carboxylic acids is 1. The summed E-state index contributed by atoms with van der Waals surface area (Å²) in [5.74, 6) is 0.144. The molecular formula is C22H27NO6. The van der Waals surface area contributed by atoms with Crippen molar-refractivity contribution in [2.45, 2.75) is 31.5 Å². The number of hydrogen-bond acceptors (Lipinski definition) is 6. The highest BCUT2D eigenvalue weighted by Crippen LogP contribution is 2.36. The third kappa shape index (κ3) is 4.63. The number of nitrogens with zero attached hydrogens (tertiary/aromatic N) is 1. The second-order valence-corrected chi connectivity index (χ2v) is 7.31. The van der Waals surface area contributed by atoms with Crippen molar-refractivity contribution in [1.82, 2.24) is 4.90 Å². The van der Waals surface area contributed by atoms with Crippen LogP contribution in [0, 0.1) is 0 Å². The number of benzene rings is 1. The summed E-state index contributed by atoms with van der Waals surface area (Å²) in [6.07, 6.45) is 5.16. The smallest absolute Gasteiger partial charge is 0.288 e. The van der Waals surface area contributed by atoms with Gasteiger partial charge < -0.3 is 28.6 Å². The fraction of sp³-hybridized carbons (Fsp3) is 0.500. The standard InChI is InChI=1S/C22H27NO6/c24-9-3-4-10-27-21-14-16(18-15-28-19-6-2-1-5-17(18)19)13-20(29-21)22(25)23-7-11-26-12-8-23/h1-2,5-6,13,15-16,21,24H,3-4,7-12,14H2. The fourth-order valence-electron chi connectivity index (χ4n) is 3.76. The maximum atomic E-state index is 13.0. The molecule has 7 nitrogen and oxygen atoms in total. The minimum atomic E-state index is -0.516. The van der Waals surface area contributed by atoms with Crippen molar-refractivity contribution in [3.05, 3.63) is 47.9 Å². The van der Waals surface area contributed by atoms with Crippen LogP contribution in [0.3, 0.4) is 0 Å². The third-order valence-electron chi connectivity index (χ3n) is 5.33. The van der Waals surface area contributed by atoms with Crippen LogP contribution in [-0.4, -0.2) is 61.7 Å². The number of para-hydroxylation sites is 1.